The van der Waals surface area contributed by atoms with Gasteiger partial charge in [0, 0.05) is 42.3 Å². The summed E-state index contributed by atoms with van der Waals surface area (Å²) in [4.78, 5) is 12.4. The molecule has 1 saturated heterocycles. The first kappa shape index (κ1) is 81.1. The molecule has 13 heteroatoms. The number of fused-ring (bicyclic) bond motifs is 2. The average molecular weight is 1420 g/mol. The number of ether oxygens (including phenoxy) is 1. The van der Waals surface area contributed by atoms with Crippen LogP contribution < -0.4 is 10.6 Å². The van der Waals surface area contributed by atoms with Gasteiger partial charge in [0.05, 0.1) is 35.6 Å². The van der Waals surface area contributed by atoms with Crippen LogP contribution in [0.15, 0.2) is 119 Å². The molecule has 6 saturated carbocycles. The highest BCUT2D eigenvalue weighted by Crippen LogP contribution is 2.69. The number of hydrogen-bond acceptors (Lipinski definition) is 9. The number of hydrogen-bond donors (Lipinski definition) is 3. The maximum Gasteiger partial charge on any atom is 0.192 e. The number of rotatable bonds is 21. The van der Waals surface area contributed by atoms with Crippen molar-refractivity contribution in [2.24, 2.45) is 33.5 Å². The minimum Gasteiger partial charge on any atom is -0.414 e. The molecule has 1 heterocycles. The Balaban J connectivity index is 0.000000184. The van der Waals surface area contributed by atoms with Crippen LogP contribution in [0.3, 0.4) is 0 Å². The van der Waals surface area contributed by atoms with E-state index in [1.807, 2.05) is 74.5 Å². The van der Waals surface area contributed by atoms with Gasteiger partial charge in [0.1, 0.15) is 12.9 Å². The molecule has 550 valence electrons. The summed E-state index contributed by atoms with van der Waals surface area (Å²) < 4.78 is 39.9. The van der Waals surface area contributed by atoms with Crippen LogP contribution in [0.2, 0.25) is 55.9 Å². The second-order valence-electron chi connectivity index (χ2n) is 37.8. The highest BCUT2D eigenvalue weighted by molar-refractivity contribution is 7.78. The van der Waals surface area contributed by atoms with Crippen molar-refractivity contribution >= 4 is 48.5 Å². The maximum atomic E-state index is 14.6. The normalized spacial score (nSPS) is 28.8. The summed E-state index contributed by atoms with van der Waals surface area (Å²) in [5.74, 6) is 1.43. The fourth-order valence-corrected chi connectivity index (χ4v) is 24.9. The summed E-state index contributed by atoms with van der Waals surface area (Å²) in [6.07, 6.45) is 40.4. The van der Waals surface area contributed by atoms with Gasteiger partial charge in [-0.15, -0.1) is 0 Å². The quantitative estimate of drug-likeness (QED) is 0.0635. The molecule has 3 unspecified atom stereocenters. The van der Waals surface area contributed by atoms with E-state index in [1.165, 1.54) is 101 Å². The lowest BCUT2D eigenvalue weighted by Gasteiger charge is -2.45. The minimum atomic E-state index is -2.81. The number of carbonyl (C=O) groups excluding carboxylic acids is 1. The highest BCUT2D eigenvalue weighted by Gasteiger charge is 2.59. The van der Waals surface area contributed by atoms with Crippen LogP contribution in [0, 0.1) is 33.5 Å². The molecular formula is C85H139O9PSi3. The monoisotopic (exact) mass is 1420 g/mol. The first-order chi connectivity index (χ1) is 45.5. The van der Waals surface area contributed by atoms with Gasteiger partial charge in [-0.25, -0.2) is 0 Å². The fraction of sp³-hybridized carbons (Fsp3) is 0.729. The van der Waals surface area contributed by atoms with E-state index in [1.54, 1.807) is 16.7 Å². The van der Waals surface area contributed by atoms with Crippen molar-refractivity contribution in [1.29, 1.82) is 0 Å². The summed E-state index contributed by atoms with van der Waals surface area (Å²) >= 11 is 0. The molecule has 0 radical (unpaired) electrons. The highest BCUT2D eigenvalue weighted by atomic mass is 31.2. The molecule has 11 rings (SSSR count). The van der Waals surface area contributed by atoms with Crippen LogP contribution in [-0.2, 0) is 27.4 Å². The van der Waals surface area contributed by atoms with Gasteiger partial charge in [-0.05, 0) is 272 Å². The van der Waals surface area contributed by atoms with Gasteiger partial charge >= 0.3 is 0 Å². The third-order valence-electron chi connectivity index (χ3n) is 25.2. The van der Waals surface area contributed by atoms with Gasteiger partial charge in [0.25, 0.3) is 0 Å². The SMILES string of the molecule is C1CCOC1.CC(C)(C)[Si](C)(C)O[C@@H]1CC(=CCP(=O)(c2ccccc2)c2ccccc2)C[C@@H](O[Si](C)(C)C(C)(C)C)C1.CC(C)(CCCC1(C2=CCC3C(=O)CCC[C@]23C)CC1)O[Si](C)(C)C.CC(C)(O)CCCC1(C2=CCC3/C(=C/C=C4CC(O)C[C@H](O)C4)CCC[C@]23C)CC1. The molecule has 7 fully saturated rings. The lowest BCUT2D eigenvalue weighted by atomic mass is 9.61. The largest absolute Gasteiger partial charge is 0.414 e. The minimum absolute atomic E-state index is 0.00213. The number of carbonyl (C=O) groups is 1. The third kappa shape index (κ3) is 21.3. The summed E-state index contributed by atoms with van der Waals surface area (Å²) in [6.45, 7) is 45.3. The first-order valence-corrected chi connectivity index (χ1v) is 50.1. The summed E-state index contributed by atoms with van der Waals surface area (Å²) in [6, 6.07) is 20.0. The van der Waals surface area contributed by atoms with Crippen molar-refractivity contribution in [3.05, 3.63) is 119 Å². The van der Waals surface area contributed by atoms with Crippen molar-refractivity contribution in [3.8, 4) is 0 Å². The van der Waals surface area contributed by atoms with Gasteiger partial charge in [0.2, 0.25) is 0 Å². The zero-order valence-corrected chi connectivity index (χ0v) is 69.3. The molecular weight excluding hydrogens is 1280 g/mol. The Labute approximate surface area is 600 Å². The molecule has 1 aliphatic heterocycles. The zero-order valence-electron chi connectivity index (χ0n) is 65.4. The van der Waals surface area contributed by atoms with Gasteiger partial charge in [-0.2, -0.15) is 0 Å². The Bertz CT molecular complexity index is 3050. The van der Waals surface area contributed by atoms with Gasteiger partial charge in [-0.1, -0.05) is 174 Å². The topological polar surface area (TPSA) is 132 Å². The summed E-state index contributed by atoms with van der Waals surface area (Å²) in [5, 5.41) is 32.2. The first-order valence-electron chi connectivity index (χ1n) is 39.0. The number of ketones is 1. The molecule has 8 aliphatic carbocycles. The predicted octanol–water partition coefficient (Wildman–Crippen LogP) is 21.6. The Morgan fingerprint density at radius 1 is 0.582 bits per heavy atom. The van der Waals surface area contributed by atoms with E-state index < -0.39 is 49.9 Å². The fourth-order valence-electron chi connectivity index (χ4n) is 17.8. The van der Waals surface area contributed by atoms with Crippen LogP contribution in [0.4, 0.5) is 0 Å². The van der Waals surface area contributed by atoms with E-state index >= 15 is 0 Å². The molecule has 0 bridgehead atoms. The maximum absolute atomic E-state index is 14.6. The van der Waals surface area contributed by atoms with E-state index in [0.29, 0.717) is 59.3 Å². The van der Waals surface area contributed by atoms with E-state index in [4.69, 9.17) is 18.0 Å². The van der Waals surface area contributed by atoms with Crippen molar-refractivity contribution in [2.75, 3.05) is 19.4 Å². The third-order valence-corrected chi connectivity index (χ3v) is 38.4. The second kappa shape index (κ2) is 32.4. The Morgan fingerprint density at radius 3 is 1.48 bits per heavy atom. The summed E-state index contributed by atoms with van der Waals surface area (Å²) in [5.41, 5.74) is 8.25. The van der Waals surface area contributed by atoms with Crippen LogP contribution in [0.5, 0.6) is 0 Å². The average Bonchev–Trinajstić information content (AvgIpc) is 1.57. The molecule has 9 aliphatic rings. The number of aliphatic hydroxyl groups excluding tert-OH is 2. The van der Waals surface area contributed by atoms with Crippen LogP contribution >= 0.6 is 7.14 Å². The lowest BCUT2D eigenvalue weighted by Crippen LogP contribution is -2.48. The smallest absolute Gasteiger partial charge is 0.192 e. The number of aliphatic hydroxyl groups is 3. The van der Waals surface area contributed by atoms with Gasteiger partial charge in [0.15, 0.2) is 25.0 Å². The number of benzene rings is 2. The Kier molecular flexibility index (Phi) is 26.8. The van der Waals surface area contributed by atoms with Crippen molar-refractivity contribution in [1.82, 2.24) is 0 Å². The molecule has 8 atom stereocenters. The van der Waals surface area contributed by atoms with Gasteiger partial charge < -0.3 is 37.9 Å². The molecule has 9 nitrogen and oxygen atoms in total. The zero-order chi connectivity index (χ0) is 72.0. The van der Waals surface area contributed by atoms with Crippen LogP contribution in [-0.4, -0.2) is 101 Å². The van der Waals surface area contributed by atoms with E-state index in [0.717, 1.165) is 81.6 Å². The van der Waals surface area contributed by atoms with Crippen molar-refractivity contribution in [2.45, 2.75) is 342 Å². The molecule has 0 spiro atoms. The van der Waals surface area contributed by atoms with Crippen molar-refractivity contribution < 1.29 is 42.7 Å². The standard InChI is InChI=1S/C32H51O3PSi2.C27H42O3.C22H38O2Si.C4H8O/c1-31(2,3)37(7,8)34-27-23-26(24-28(25-27)35-38(9,10)32(4,5)6)21-22-36(33,29-17-13-11-14-18-29)30-19-15-12-16-20-30;1-25(2,30)11-5-13-27(14-15-27)24-10-9-23-20(6-4-12-26(23,24)3)8-7-19-16-21(28)18-22(29)17-19;1-20(2,24-25(4,5)6)12-8-14-22(15-16-22)19-11-10-17-18(23)9-7-13-21(17,19)3;1-2-4-5-3-1/h11-21,27-28H,22-25H2,1-10H3;7-8,10,21-23,28-30H,4-6,9,11-18H2,1-3H3;11,17H,7-10,12-16H2,1-6H3;1-4H2/b;19-7?,20-8+;;/t27-,28-;21-,22?,23?,26+;17?,21-;/m110./s1. The molecule has 98 heavy (non-hydrogen) atoms. The Hall–Kier alpha value is -2.59. The van der Waals surface area contributed by atoms with E-state index in [2.05, 4.69) is 145 Å². The molecule has 2 aromatic rings. The number of Topliss-reactive ketones (excluding diaryl/α,β-unsaturated/α-hetero) is 1. The predicted molar refractivity (Wildman–Crippen MR) is 420 cm³/mol. The Morgan fingerprint density at radius 2 is 1.04 bits per heavy atom. The molecule has 0 amide bonds. The van der Waals surface area contributed by atoms with Crippen LogP contribution in [0.1, 0.15) is 250 Å². The lowest BCUT2D eigenvalue weighted by molar-refractivity contribution is -0.128. The molecule has 3 N–H and O–H groups in total. The molecule has 2 aromatic carbocycles. The summed E-state index contributed by atoms with van der Waals surface area (Å²) in [7, 11) is -8.17. The van der Waals surface area contributed by atoms with Gasteiger partial charge in [-0.3, -0.25) is 4.79 Å². The van der Waals surface area contributed by atoms with Crippen LogP contribution in [0.25, 0.3) is 0 Å². The van der Waals surface area contributed by atoms with Crippen molar-refractivity contribution in [3.63, 3.8) is 0 Å². The van der Waals surface area contributed by atoms with E-state index in [9.17, 15) is 24.7 Å². The number of allylic oxidation sites excluding steroid dienone is 8. The molecule has 0 aromatic heterocycles. The second-order valence-corrected chi connectivity index (χ2v) is 54.6. The van der Waals surface area contributed by atoms with E-state index in [-0.39, 0.29) is 33.3 Å².